The molecule has 1 atom stereocenters. The van der Waals surface area contributed by atoms with Crippen LogP contribution in [0.5, 0.6) is 5.75 Å². The molecule has 3 nitrogen and oxygen atoms in total. The Hall–Kier alpha value is -1.91. The maximum Gasteiger partial charge on any atom is 0.165 e. The average molecular weight is 261 g/mol. The third-order valence-electron chi connectivity index (χ3n) is 2.84. The van der Waals surface area contributed by atoms with Gasteiger partial charge in [0.05, 0.1) is 0 Å². The summed E-state index contributed by atoms with van der Waals surface area (Å²) in [7, 11) is 0. The normalized spacial score (nSPS) is 12.2. The minimum absolute atomic E-state index is 0.0159. The Morgan fingerprint density at radius 2 is 1.84 bits per heavy atom. The third kappa shape index (κ3) is 3.30. The van der Waals surface area contributed by atoms with E-state index in [2.05, 4.69) is 0 Å². The number of hydrogen-bond donors (Lipinski definition) is 2. The third-order valence-corrected chi connectivity index (χ3v) is 2.84. The lowest BCUT2D eigenvalue weighted by Gasteiger charge is -2.15. The number of para-hydroxylation sites is 1. The van der Waals surface area contributed by atoms with Crippen molar-refractivity contribution >= 4 is 0 Å². The average Bonchev–Trinajstić information content (AvgIpc) is 2.46. The minimum atomic E-state index is -0.800. The fourth-order valence-corrected chi connectivity index (χ4v) is 1.81. The number of ether oxygens (including phenoxy) is 1. The van der Waals surface area contributed by atoms with Crippen LogP contribution in [-0.4, -0.2) is 11.7 Å². The van der Waals surface area contributed by atoms with Crippen molar-refractivity contribution < 1.29 is 14.2 Å². The van der Waals surface area contributed by atoms with Gasteiger partial charge in [-0.3, -0.25) is 0 Å². The van der Waals surface area contributed by atoms with E-state index in [9.17, 15) is 9.50 Å². The fraction of sp³-hybridized carbons (Fsp3) is 0.200. The highest BCUT2D eigenvalue weighted by Gasteiger charge is 2.12. The van der Waals surface area contributed by atoms with Gasteiger partial charge in [0.1, 0.15) is 12.7 Å². The Bertz CT molecular complexity index is 531. The maximum atomic E-state index is 13.6. The van der Waals surface area contributed by atoms with Gasteiger partial charge in [0.15, 0.2) is 11.6 Å². The van der Waals surface area contributed by atoms with E-state index in [0.717, 1.165) is 5.56 Å². The second-order valence-corrected chi connectivity index (χ2v) is 4.17. The summed E-state index contributed by atoms with van der Waals surface area (Å²) in [5, 5.41) is 9.96. The van der Waals surface area contributed by atoms with Gasteiger partial charge in [0, 0.05) is 12.1 Å². The molecule has 0 aliphatic heterocycles. The molecule has 2 aromatic rings. The molecule has 0 amide bonds. The van der Waals surface area contributed by atoms with Crippen LogP contribution in [0.4, 0.5) is 4.39 Å². The van der Waals surface area contributed by atoms with E-state index in [1.807, 2.05) is 18.2 Å². The molecule has 0 aliphatic carbocycles. The van der Waals surface area contributed by atoms with E-state index < -0.39 is 11.9 Å². The van der Waals surface area contributed by atoms with Crippen molar-refractivity contribution in [2.75, 3.05) is 6.61 Å². The molecule has 0 saturated heterocycles. The van der Waals surface area contributed by atoms with Crippen molar-refractivity contribution in [2.24, 2.45) is 5.73 Å². The van der Waals surface area contributed by atoms with Gasteiger partial charge in [-0.05, 0) is 11.6 Å². The molecular weight excluding hydrogens is 245 g/mol. The number of hydrogen-bond acceptors (Lipinski definition) is 3. The predicted octanol–water partition coefficient (Wildman–Crippen LogP) is 2.40. The van der Waals surface area contributed by atoms with Crippen molar-refractivity contribution in [3.05, 3.63) is 65.5 Å². The standard InChI is InChI=1S/C15H16FNO2/c16-13-8-4-7-12(9-17)15(13)19-10-14(18)11-5-2-1-3-6-11/h1-8,14,18H,9-10,17H2. The van der Waals surface area contributed by atoms with Crippen molar-refractivity contribution in [3.8, 4) is 5.75 Å². The highest BCUT2D eigenvalue weighted by atomic mass is 19.1. The van der Waals surface area contributed by atoms with Crippen molar-refractivity contribution in [1.29, 1.82) is 0 Å². The number of rotatable bonds is 5. The summed E-state index contributed by atoms with van der Waals surface area (Å²) in [4.78, 5) is 0. The Labute approximate surface area is 111 Å². The zero-order chi connectivity index (χ0) is 13.7. The predicted molar refractivity (Wildman–Crippen MR) is 71.2 cm³/mol. The van der Waals surface area contributed by atoms with Gasteiger partial charge in [0.25, 0.3) is 0 Å². The lowest BCUT2D eigenvalue weighted by atomic mass is 10.1. The Balaban J connectivity index is 2.07. The first kappa shape index (κ1) is 13.5. The Morgan fingerprint density at radius 3 is 2.53 bits per heavy atom. The summed E-state index contributed by atoms with van der Waals surface area (Å²) in [6, 6.07) is 13.7. The van der Waals surface area contributed by atoms with E-state index >= 15 is 0 Å². The highest BCUT2D eigenvalue weighted by Crippen LogP contribution is 2.24. The zero-order valence-corrected chi connectivity index (χ0v) is 10.4. The SMILES string of the molecule is NCc1cccc(F)c1OCC(O)c1ccccc1. The van der Waals surface area contributed by atoms with Crippen LogP contribution in [-0.2, 0) is 6.54 Å². The molecule has 0 saturated carbocycles. The van der Waals surface area contributed by atoms with Crippen LogP contribution < -0.4 is 10.5 Å². The molecule has 19 heavy (non-hydrogen) atoms. The molecule has 0 aliphatic rings. The summed E-state index contributed by atoms with van der Waals surface area (Å²) in [5.74, 6) is -0.358. The lowest BCUT2D eigenvalue weighted by Crippen LogP contribution is -2.12. The second kappa shape index (κ2) is 6.31. The largest absolute Gasteiger partial charge is 0.487 e. The summed E-state index contributed by atoms with van der Waals surface area (Å²) < 4.78 is 19.0. The Morgan fingerprint density at radius 1 is 1.11 bits per heavy atom. The lowest BCUT2D eigenvalue weighted by molar-refractivity contribution is 0.105. The van der Waals surface area contributed by atoms with Gasteiger partial charge >= 0.3 is 0 Å². The van der Waals surface area contributed by atoms with Crippen LogP contribution in [0.1, 0.15) is 17.2 Å². The van der Waals surface area contributed by atoms with Crippen LogP contribution in [0.25, 0.3) is 0 Å². The smallest absolute Gasteiger partial charge is 0.165 e. The van der Waals surface area contributed by atoms with E-state index in [1.165, 1.54) is 6.07 Å². The van der Waals surface area contributed by atoms with Gasteiger partial charge in [-0.25, -0.2) is 4.39 Å². The number of aliphatic hydroxyl groups excluding tert-OH is 1. The van der Waals surface area contributed by atoms with Gasteiger partial charge in [0.2, 0.25) is 0 Å². The molecule has 2 aromatic carbocycles. The van der Waals surface area contributed by atoms with E-state index in [0.29, 0.717) is 5.56 Å². The van der Waals surface area contributed by atoms with Crippen LogP contribution in [0, 0.1) is 5.82 Å². The van der Waals surface area contributed by atoms with Gasteiger partial charge in [-0.2, -0.15) is 0 Å². The summed E-state index contributed by atoms with van der Waals surface area (Å²) >= 11 is 0. The number of nitrogens with two attached hydrogens (primary N) is 1. The zero-order valence-electron chi connectivity index (χ0n) is 10.4. The molecule has 0 heterocycles. The number of halogens is 1. The van der Waals surface area contributed by atoms with Gasteiger partial charge < -0.3 is 15.6 Å². The van der Waals surface area contributed by atoms with E-state index in [4.69, 9.17) is 10.5 Å². The second-order valence-electron chi connectivity index (χ2n) is 4.17. The molecule has 0 radical (unpaired) electrons. The van der Waals surface area contributed by atoms with Crippen LogP contribution >= 0.6 is 0 Å². The Kier molecular flexibility index (Phi) is 4.49. The molecule has 0 bridgehead atoms. The first-order valence-corrected chi connectivity index (χ1v) is 6.05. The molecular formula is C15H16FNO2. The van der Waals surface area contributed by atoms with Crippen molar-refractivity contribution in [2.45, 2.75) is 12.6 Å². The monoisotopic (exact) mass is 261 g/mol. The summed E-state index contributed by atoms with van der Waals surface area (Å²) in [6.07, 6.45) is -0.800. The molecule has 3 N–H and O–H groups in total. The summed E-state index contributed by atoms with van der Waals surface area (Å²) in [6.45, 7) is 0.173. The summed E-state index contributed by atoms with van der Waals surface area (Å²) in [5.41, 5.74) is 6.84. The van der Waals surface area contributed by atoms with Crippen LogP contribution in [0.2, 0.25) is 0 Å². The van der Waals surface area contributed by atoms with Crippen molar-refractivity contribution in [1.82, 2.24) is 0 Å². The molecule has 2 rings (SSSR count). The molecule has 100 valence electrons. The topological polar surface area (TPSA) is 55.5 Å². The van der Waals surface area contributed by atoms with E-state index in [-0.39, 0.29) is 18.9 Å². The number of aliphatic hydroxyl groups is 1. The van der Waals surface area contributed by atoms with E-state index in [1.54, 1.807) is 24.3 Å². The molecule has 0 spiro atoms. The van der Waals surface area contributed by atoms with Crippen LogP contribution in [0.3, 0.4) is 0 Å². The van der Waals surface area contributed by atoms with Crippen molar-refractivity contribution in [3.63, 3.8) is 0 Å². The molecule has 1 unspecified atom stereocenters. The van der Waals surface area contributed by atoms with Gasteiger partial charge in [-0.15, -0.1) is 0 Å². The fourth-order valence-electron chi connectivity index (χ4n) is 1.81. The van der Waals surface area contributed by atoms with Gasteiger partial charge in [-0.1, -0.05) is 42.5 Å². The maximum absolute atomic E-state index is 13.6. The molecule has 0 aromatic heterocycles. The highest BCUT2D eigenvalue weighted by molar-refractivity contribution is 5.35. The quantitative estimate of drug-likeness (QED) is 0.869. The number of benzene rings is 2. The molecule has 4 heteroatoms. The first-order valence-electron chi connectivity index (χ1n) is 6.05. The first-order chi connectivity index (χ1) is 9.22. The van der Waals surface area contributed by atoms with Crippen LogP contribution in [0.15, 0.2) is 48.5 Å². The minimum Gasteiger partial charge on any atom is -0.487 e. The molecule has 0 fully saturated rings.